The van der Waals surface area contributed by atoms with Crippen molar-refractivity contribution in [3.8, 4) is 11.5 Å². The third-order valence-corrected chi connectivity index (χ3v) is 7.29. The maximum absolute atomic E-state index is 14.0. The Labute approximate surface area is 221 Å². The van der Waals surface area contributed by atoms with Gasteiger partial charge in [0.1, 0.15) is 17.5 Å². The first-order valence-electron chi connectivity index (χ1n) is 12.5. The molecule has 0 saturated heterocycles. The minimum atomic E-state index is -0.662. The van der Waals surface area contributed by atoms with Crippen LogP contribution in [0.3, 0.4) is 0 Å². The molecule has 1 aliphatic heterocycles. The predicted molar refractivity (Wildman–Crippen MR) is 147 cm³/mol. The van der Waals surface area contributed by atoms with Crippen LogP contribution in [0.15, 0.2) is 69.6 Å². The number of nitrogens with zero attached hydrogens (tertiary/aromatic N) is 3. The monoisotopic (exact) mass is 519 g/mol. The van der Waals surface area contributed by atoms with Crippen LogP contribution in [0.4, 0.5) is 0 Å². The summed E-state index contributed by atoms with van der Waals surface area (Å²) < 4.78 is 13.8. The van der Waals surface area contributed by atoms with Gasteiger partial charge in [-0.15, -0.1) is 0 Å². The molecule has 1 aromatic heterocycles. The first-order chi connectivity index (χ1) is 17.8. The summed E-state index contributed by atoms with van der Waals surface area (Å²) in [6.07, 6.45) is 1.84. The highest BCUT2D eigenvalue weighted by molar-refractivity contribution is 7.07. The van der Waals surface area contributed by atoms with E-state index in [1.54, 1.807) is 16.6 Å². The van der Waals surface area contributed by atoms with Gasteiger partial charge < -0.3 is 14.4 Å². The first kappa shape index (κ1) is 26.4. The van der Waals surface area contributed by atoms with Gasteiger partial charge in [0.15, 0.2) is 4.80 Å². The average Bonchev–Trinajstić information content (AvgIpc) is 3.18. The maximum Gasteiger partial charge on any atom is 0.271 e. The van der Waals surface area contributed by atoms with E-state index in [0.29, 0.717) is 45.2 Å². The summed E-state index contributed by atoms with van der Waals surface area (Å²) in [5.41, 5.74) is 2.42. The summed E-state index contributed by atoms with van der Waals surface area (Å²) in [5, 5.41) is 0. The number of hydrogen-bond donors (Lipinski definition) is 0. The summed E-state index contributed by atoms with van der Waals surface area (Å²) in [6, 6.07) is 14.5. The molecule has 1 amide bonds. The second kappa shape index (κ2) is 11.2. The number of ether oxygens (including phenoxy) is 2. The van der Waals surface area contributed by atoms with Gasteiger partial charge in [-0.05, 0) is 52.8 Å². The van der Waals surface area contributed by atoms with Crippen molar-refractivity contribution in [3.63, 3.8) is 0 Å². The lowest BCUT2D eigenvalue weighted by Gasteiger charge is -2.29. The number of thiazole rings is 1. The van der Waals surface area contributed by atoms with Crippen LogP contribution in [-0.4, -0.2) is 41.7 Å². The van der Waals surface area contributed by atoms with Crippen molar-refractivity contribution in [1.82, 2.24) is 9.47 Å². The summed E-state index contributed by atoms with van der Waals surface area (Å²) in [5.74, 6) is 1.18. The van der Waals surface area contributed by atoms with Gasteiger partial charge in [-0.2, -0.15) is 0 Å². The number of carbonyl (C=O) groups is 1. The van der Waals surface area contributed by atoms with E-state index in [1.807, 2.05) is 89.2 Å². The van der Waals surface area contributed by atoms with Crippen molar-refractivity contribution in [2.75, 3.05) is 20.2 Å². The van der Waals surface area contributed by atoms with Gasteiger partial charge in [-0.25, -0.2) is 4.99 Å². The van der Waals surface area contributed by atoms with E-state index in [-0.39, 0.29) is 17.6 Å². The van der Waals surface area contributed by atoms with E-state index >= 15 is 0 Å². The zero-order chi connectivity index (χ0) is 26.7. The molecule has 0 unspecified atom stereocenters. The molecule has 2 aromatic carbocycles. The molecule has 0 bridgehead atoms. The number of carbonyl (C=O) groups excluding carboxylic acids is 1. The molecule has 3 aromatic rings. The van der Waals surface area contributed by atoms with Crippen LogP contribution in [0.25, 0.3) is 6.08 Å². The van der Waals surface area contributed by atoms with E-state index in [2.05, 4.69) is 0 Å². The molecule has 0 aliphatic carbocycles. The van der Waals surface area contributed by atoms with E-state index in [9.17, 15) is 9.59 Å². The summed E-state index contributed by atoms with van der Waals surface area (Å²) in [6.45, 7) is 10.8. The highest BCUT2D eigenvalue weighted by Crippen LogP contribution is 2.36. The Bertz CT molecular complexity index is 1510. The second-order valence-electron chi connectivity index (χ2n) is 9.01. The number of hydrogen-bond acceptors (Lipinski definition) is 6. The number of allylic oxidation sites excluding steroid dienone is 1. The van der Waals surface area contributed by atoms with E-state index in [0.717, 1.165) is 11.1 Å². The molecule has 4 rings (SSSR count). The zero-order valence-electron chi connectivity index (χ0n) is 22.1. The first-order valence-corrected chi connectivity index (χ1v) is 13.3. The number of fused-ring (bicyclic) bond motifs is 1. The average molecular weight is 520 g/mol. The van der Waals surface area contributed by atoms with Crippen molar-refractivity contribution in [1.29, 1.82) is 0 Å². The van der Waals surface area contributed by atoms with Gasteiger partial charge in [-0.3, -0.25) is 14.2 Å². The lowest BCUT2D eigenvalue weighted by atomic mass is 9.94. The Kier molecular flexibility index (Phi) is 7.97. The molecule has 1 aliphatic rings. The lowest BCUT2D eigenvalue weighted by molar-refractivity contribution is -0.127. The van der Waals surface area contributed by atoms with Crippen molar-refractivity contribution < 1.29 is 14.3 Å². The molecule has 8 heteroatoms. The molecule has 0 saturated carbocycles. The van der Waals surface area contributed by atoms with Crippen LogP contribution >= 0.6 is 11.3 Å². The van der Waals surface area contributed by atoms with Crippen LogP contribution in [0, 0.1) is 0 Å². The number of amides is 1. The highest BCUT2D eigenvalue weighted by Gasteiger charge is 2.35. The van der Waals surface area contributed by atoms with Gasteiger partial charge >= 0.3 is 0 Å². The molecular weight excluding hydrogens is 486 g/mol. The maximum atomic E-state index is 14.0. The van der Waals surface area contributed by atoms with Crippen molar-refractivity contribution in [2.24, 2.45) is 4.99 Å². The molecule has 0 spiro atoms. The summed E-state index contributed by atoms with van der Waals surface area (Å²) >= 11 is 1.31. The Morgan fingerprint density at radius 2 is 1.76 bits per heavy atom. The smallest absolute Gasteiger partial charge is 0.271 e. The fourth-order valence-corrected chi connectivity index (χ4v) is 5.60. The van der Waals surface area contributed by atoms with Crippen molar-refractivity contribution >= 4 is 23.3 Å². The molecule has 0 N–H and O–H groups in total. The van der Waals surface area contributed by atoms with E-state index in [4.69, 9.17) is 14.5 Å². The van der Waals surface area contributed by atoms with Crippen LogP contribution in [0.5, 0.6) is 11.5 Å². The van der Waals surface area contributed by atoms with Crippen LogP contribution in [-0.2, 0) is 4.79 Å². The third kappa shape index (κ3) is 5.11. The van der Waals surface area contributed by atoms with E-state index in [1.165, 1.54) is 11.3 Å². The lowest BCUT2D eigenvalue weighted by Crippen LogP contribution is -2.43. The van der Waals surface area contributed by atoms with Crippen molar-refractivity contribution in [3.05, 3.63) is 90.6 Å². The van der Waals surface area contributed by atoms with Crippen LogP contribution < -0.4 is 24.4 Å². The zero-order valence-corrected chi connectivity index (χ0v) is 23.0. The molecule has 1 atom stereocenters. The fourth-order valence-electron chi connectivity index (χ4n) is 4.57. The number of methoxy groups -OCH3 is 1. The standard InChI is InChI=1S/C29H33N3O4S/c1-7-31(8-2)28(34)25-19(5)30-29-32(26(25)21-14-10-12-16-23(21)35-6)27(33)24(37-29)17-20-13-9-11-15-22(20)36-18(3)4/h9-18,26H,7-8H2,1-6H3/b24-17+/t26-/m0/s1. The van der Waals surface area contributed by atoms with Gasteiger partial charge in [0, 0.05) is 24.2 Å². The minimum absolute atomic E-state index is 0.00221. The minimum Gasteiger partial charge on any atom is -0.496 e. The number of para-hydroxylation sites is 2. The Morgan fingerprint density at radius 1 is 1.11 bits per heavy atom. The van der Waals surface area contributed by atoms with Gasteiger partial charge in [-0.1, -0.05) is 47.7 Å². The predicted octanol–water partition coefficient (Wildman–Crippen LogP) is 3.90. The molecule has 37 heavy (non-hydrogen) atoms. The number of aromatic nitrogens is 1. The SMILES string of the molecule is CCN(CC)C(=O)C1=C(C)N=c2s/c(=C/c3ccccc3OC(C)C)c(=O)n2[C@H]1c1ccccc1OC. The number of benzene rings is 2. The molecule has 2 heterocycles. The Hall–Kier alpha value is -3.65. The van der Waals surface area contributed by atoms with Gasteiger partial charge in [0.2, 0.25) is 0 Å². The Morgan fingerprint density at radius 3 is 2.41 bits per heavy atom. The molecule has 0 radical (unpaired) electrons. The highest BCUT2D eigenvalue weighted by atomic mass is 32.1. The van der Waals surface area contributed by atoms with Crippen molar-refractivity contribution in [2.45, 2.75) is 46.8 Å². The van der Waals surface area contributed by atoms with Gasteiger partial charge in [0.25, 0.3) is 11.5 Å². The summed E-state index contributed by atoms with van der Waals surface area (Å²) in [4.78, 5) is 34.8. The summed E-state index contributed by atoms with van der Waals surface area (Å²) in [7, 11) is 1.59. The molecule has 0 fully saturated rings. The molecule has 194 valence electrons. The topological polar surface area (TPSA) is 73.1 Å². The van der Waals surface area contributed by atoms with Crippen LogP contribution in [0.2, 0.25) is 0 Å². The largest absolute Gasteiger partial charge is 0.496 e. The Balaban J connectivity index is 1.98. The number of likely N-dealkylation sites (N-methyl/N-ethyl adjacent to an activating group) is 1. The quantitative estimate of drug-likeness (QED) is 0.453. The molecule has 7 nitrogen and oxygen atoms in total. The fraction of sp³-hybridized carbons (Fsp3) is 0.345. The van der Waals surface area contributed by atoms with E-state index < -0.39 is 6.04 Å². The second-order valence-corrected chi connectivity index (χ2v) is 10.0. The normalized spacial score (nSPS) is 15.4. The number of rotatable bonds is 8. The molecular formula is C29H33N3O4S. The van der Waals surface area contributed by atoms with Gasteiger partial charge in [0.05, 0.1) is 29.0 Å². The third-order valence-electron chi connectivity index (χ3n) is 6.30. The van der Waals surface area contributed by atoms with Crippen LogP contribution in [0.1, 0.15) is 51.8 Å².